The first-order valence-electron chi connectivity index (χ1n) is 6.32. The smallest absolute Gasteiger partial charge is 0.296 e. The van der Waals surface area contributed by atoms with Crippen LogP contribution in [0.3, 0.4) is 0 Å². The van der Waals surface area contributed by atoms with E-state index >= 15 is 0 Å². The molecule has 0 amide bonds. The lowest BCUT2D eigenvalue weighted by Gasteiger charge is -2.13. The SMILES string of the molecule is CCN(CC)CC.Cc1cccc(N)c1S(=O)(=O)O. The maximum absolute atomic E-state index is 10.8. The molecule has 1 aromatic rings. The standard InChI is InChI=1S/C7H9NO3S.C6H15N/c1-5-3-2-4-6(8)7(5)12(9,10)11;1-4-7(5-2)6-3/h2-4H,8H2,1H3,(H,9,10,11);4-6H2,1-3H3. The van der Waals surface area contributed by atoms with E-state index in [1.807, 2.05) is 0 Å². The third kappa shape index (κ3) is 6.04. The van der Waals surface area contributed by atoms with Crippen LogP contribution in [0, 0.1) is 6.92 Å². The summed E-state index contributed by atoms with van der Waals surface area (Å²) in [5.74, 6) is 0. The average Bonchev–Trinajstić information content (AvgIpc) is 2.30. The van der Waals surface area contributed by atoms with Crippen molar-refractivity contribution in [2.24, 2.45) is 0 Å². The van der Waals surface area contributed by atoms with Crippen molar-refractivity contribution in [3.63, 3.8) is 0 Å². The van der Waals surface area contributed by atoms with Gasteiger partial charge in [0.1, 0.15) is 4.90 Å². The van der Waals surface area contributed by atoms with Crippen LogP contribution in [0.15, 0.2) is 23.1 Å². The third-order valence-corrected chi connectivity index (χ3v) is 3.92. The maximum Gasteiger partial charge on any atom is 0.296 e. The largest absolute Gasteiger partial charge is 0.398 e. The van der Waals surface area contributed by atoms with Gasteiger partial charge < -0.3 is 10.6 Å². The predicted molar refractivity (Wildman–Crippen MR) is 78.9 cm³/mol. The number of aryl methyl sites for hydroxylation is 1. The normalized spacial score (nSPS) is 11.1. The quantitative estimate of drug-likeness (QED) is 0.655. The molecule has 0 aliphatic rings. The van der Waals surface area contributed by atoms with E-state index < -0.39 is 10.1 Å². The molecular weight excluding hydrogens is 264 g/mol. The van der Waals surface area contributed by atoms with Gasteiger partial charge in [-0.3, -0.25) is 4.55 Å². The fourth-order valence-corrected chi connectivity index (χ4v) is 2.54. The minimum absolute atomic E-state index is 0.0671. The van der Waals surface area contributed by atoms with Crippen LogP contribution in [0.25, 0.3) is 0 Å². The number of hydrogen-bond donors (Lipinski definition) is 2. The molecule has 0 unspecified atom stereocenters. The Morgan fingerprint density at radius 1 is 1.16 bits per heavy atom. The van der Waals surface area contributed by atoms with E-state index in [1.165, 1.54) is 25.7 Å². The Kier molecular flexibility index (Phi) is 7.66. The predicted octanol–water partition coefficient (Wildman–Crippen LogP) is 2.17. The molecule has 0 spiro atoms. The van der Waals surface area contributed by atoms with E-state index in [0.29, 0.717) is 5.56 Å². The topological polar surface area (TPSA) is 83.6 Å². The number of nitrogens with two attached hydrogens (primary N) is 1. The van der Waals surface area contributed by atoms with Crippen molar-refractivity contribution in [3.05, 3.63) is 23.8 Å². The zero-order chi connectivity index (χ0) is 15.1. The van der Waals surface area contributed by atoms with Crippen LogP contribution in [0.5, 0.6) is 0 Å². The van der Waals surface area contributed by atoms with Gasteiger partial charge in [0.25, 0.3) is 10.1 Å². The Labute approximate surface area is 116 Å². The van der Waals surface area contributed by atoms with Crippen LogP contribution in [0.1, 0.15) is 26.3 Å². The molecule has 0 bridgehead atoms. The molecule has 0 saturated carbocycles. The number of benzene rings is 1. The molecule has 1 aromatic carbocycles. The molecule has 0 radical (unpaired) electrons. The van der Waals surface area contributed by atoms with Crippen molar-refractivity contribution in [3.8, 4) is 0 Å². The van der Waals surface area contributed by atoms with Crippen LogP contribution < -0.4 is 5.73 Å². The summed E-state index contributed by atoms with van der Waals surface area (Å²) in [7, 11) is -4.19. The second kappa shape index (κ2) is 8.14. The van der Waals surface area contributed by atoms with E-state index in [9.17, 15) is 8.42 Å². The second-order valence-electron chi connectivity index (χ2n) is 4.09. The van der Waals surface area contributed by atoms with Gasteiger partial charge in [0.05, 0.1) is 5.69 Å². The van der Waals surface area contributed by atoms with Crippen molar-refractivity contribution in [2.75, 3.05) is 25.4 Å². The van der Waals surface area contributed by atoms with E-state index in [-0.39, 0.29) is 10.6 Å². The summed E-state index contributed by atoms with van der Waals surface area (Å²) in [5, 5.41) is 0. The van der Waals surface area contributed by atoms with Gasteiger partial charge in [-0.1, -0.05) is 32.9 Å². The lowest BCUT2D eigenvalue weighted by atomic mass is 10.2. The average molecular weight is 288 g/mol. The molecule has 0 saturated heterocycles. The molecule has 5 nitrogen and oxygen atoms in total. The molecule has 0 atom stereocenters. The minimum Gasteiger partial charge on any atom is -0.398 e. The summed E-state index contributed by atoms with van der Waals surface area (Å²) in [5.41, 5.74) is 5.88. The van der Waals surface area contributed by atoms with Gasteiger partial charge in [-0.2, -0.15) is 8.42 Å². The number of anilines is 1. The molecule has 0 heterocycles. The lowest BCUT2D eigenvalue weighted by Crippen LogP contribution is -2.21. The van der Waals surface area contributed by atoms with Crippen LogP contribution >= 0.6 is 0 Å². The first kappa shape index (κ1) is 17.9. The fourth-order valence-electron chi connectivity index (χ4n) is 1.70. The Morgan fingerprint density at radius 3 is 1.84 bits per heavy atom. The number of nitrogens with zero attached hydrogens (tertiary/aromatic N) is 1. The molecule has 0 aliphatic carbocycles. The van der Waals surface area contributed by atoms with E-state index in [2.05, 4.69) is 25.7 Å². The van der Waals surface area contributed by atoms with Crippen molar-refractivity contribution in [1.82, 2.24) is 4.90 Å². The Morgan fingerprint density at radius 2 is 1.63 bits per heavy atom. The zero-order valence-corrected chi connectivity index (χ0v) is 12.9. The van der Waals surface area contributed by atoms with Crippen LogP contribution in [0.4, 0.5) is 5.69 Å². The number of nitrogen functional groups attached to an aromatic ring is 1. The zero-order valence-electron chi connectivity index (χ0n) is 12.0. The summed E-state index contributed by atoms with van der Waals surface area (Å²) in [6.07, 6.45) is 0. The monoisotopic (exact) mass is 288 g/mol. The van der Waals surface area contributed by atoms with Crippen molar-refractivity contribution >= 4 is 15.8 Å². The molecular formula is C13H24N2O3S. The third-order valence-electron chi connectivity index (χ3n) is 2.84. The van der Waals surface area contributed by atoms with Gasteiger partial charge in [-0.25, -0.2) is 0 Å². The summed E-state index contributed by atoms with van der Waals surface area (Å²) >= 11 is 0. The first-order chi connectivity index (χ1) is 8.77. The van der Waals surface area contributed by atoms with E-state index in [4.69, 9.17) is 10.3 Å². The molecule has 6 heteroatoms. The highest BCUT2D eigenvalue weighted by Gasteiger charge is 2.15. The minimum atomic E-state index is -4.19. The van der Waals surface area contributed by atoms with Gasteiger partial charge >= 0.3 is 0 Å². The lowest BCUT2D eigenvalue weighted by molar-refractivity contribution is 0.321. The van der Waals surface area contributed by atoms with Crippen molar-refractivity contribution < 1.29 is 13.0 Å². The van der Waals surface area contributed by atoms with Crippen LogP contribution in [0.2, 0.25) is 0 Å². The Hall–Kier alpha value is -1.11. The highest BCUT2D eigenvalue weighted by atomic mass is 32.2. The van der Waals surface area contributed by atoms with Gasteiger partial charge in [0.2, 0.25) is 0 Å². The van der Waals surface area contributed by atoms with Crippen molar-refractivity contribution in [2.45, 2.75) is 32.6 Å². The molecule has 1 rings (SSSR count). The molecule has 110 valence electrons. The fraction of sp³-hybridized carbons (Fsp3) is 0.538. The van der Waals surface area contributed by atoms with Gasteiger partial charge in [-0.15, -0.1) is 0 Å². The summed E-state index contributed by atoms with van der Waals surface area (Å²) in [4.78, 5) is 2.17. The summed E-state index contributed by atoms with van der Waals surface area (Å²) in [6, 6.07) is 4.62. The van der Waals surface area contributed by atoms with Crippen LogP contribution in [-0.2, 0) is 10.1 Å². The molecule has 3 N–H and O–H groups in total. The molecule has 0 aliphatic heterocycles. The van der Waals surface area contributed by atoms with Gasteiger partial charge in [0, 0.05) is 0 Å². The Balaban J connectivity index is 0.000000399. The van der Waals surface area contributed by atoms with Gasteiger partial charge in [-0.05, 0) is 38.2 Å². The van der Waals surface area contributed by atoms with E-state index in [0.717, 1.165) is 0 Å². The van der Waals surface area contributed by atoms with Crippen LogP contribution in [-0.4, -0.2) is 37.5 Å². The summed E-state index contributed by atoms with van der Waals surface area (Å²) < 4.78 is 30.2. The first-order valence-corrected chi connectivity index (χ1v) is 7.76. The summed E-state index contributed by atoms with van der Waals surface area (Å²) in [6.45, 7) is 11.7. The highest BCUT2D eigenvalue weighted by molar-refractivity contribution is 7.86. The van der Waals surface area contributed by atoms with Gasteiger partial charge in [0.15, 0.2) is 0 Å². The molecule has 0 fully saturated rings. The molecule has 19 heavy (non-hydrogen) atoms. The Bertz CT molecular complexity index is 457. The van der Waals surface area contributed by atoms with Crippen molar-refractivity contribution in [1.29, 1.82) is 0 Å². The number of rotatable bonds is 4. The molecule has 0 aromatic heterocycles. The maximum atomic E-state index is 10.8. The van der Waals surface area contributed by atoms with E-state index in [1.54, 1.807) is 19.1 Å². The highest BCUT2D eigenvalue weighted by Crippen LogP contribution is 2.21. The second-order valence-corrected chi connectivity index (χ2v) is 5.45. The number of hydrogen-bond acceptors (Lipinski definition) is 4.